The molecule has 0 radical (unpaired) electrons. The summed E-state index contributed by atoms with van der Waals surface area (Å²) in [5.74, 6) is 0.907. The first-order chi connectivity index (χ1) is 9.38. The first kappa shape index (κ1) is 15.3. The Bertz CT molecular complexity index is 608. The number of rotatable bonds is 4. The predicted molar refractivity (Wildman–Crippen MR) is 77.7 cm³/mol. The predicted octanol–water partition coefficient (Wildman–Crippen LogP) is 4.59. The lowest BCUT2D eigenvalue weighted by atomic mass is 10.1. The molecule has 0 aliphatic heterocycles. The van der Waals surface area contributed by atoms with Crippen LogP contribution in [-0.2, 0) is 6.54 Å². The molecule has 2 aromatic rings. The van der Waals surface area contributed by atoms with Gasteiger partial charge in [0.2, 0.25) is 5.89 Å². The molecule has 1 atom stereocenters. The van der Waals surface area contributed by atoms with Crippen molar-refractivity contribution in [2.75, 3.05) is 0 Å². The number of aryl methyl sites for hydroxylation is 2. The lowest BCUT2D eigenvalue weighted by Gasteiger charge is -2.15. The quantitative estimate of drug-likeness (QED) is 0.838. The number of oxazole rings is 1. The Morgan fingerprint density at radius 3 is 2.60 bits per heavy atom. The Hall–Kier alpha value is -1.10. The van der Waals surface area contributed by atoms with E-state index in [2.05, 4.69) is 10.3 Å². The van der Waals surface area contributed by atoms with Gasteiger partial charge in [-0.15, -0.1) is 0 Å². The Balaban J connectivity index is 2.08. The van der Waals surface area contributed by atoms with Gasteiger partial charge in [0.05, 0.1) is 17.3 Å². The molecule has 0 aliphatic carbocycles. The molecule has 0 amide bonds. The molecular formula is C14H15Cl2FN2O. The summed E-state index contributed by atoms with van der Waals surface area (Å²) in [5.41, 5.74) is 1.51. The van der Waals surface area contributed by atoms with Crippen molar-refractivity contribution in [2.45, 2.75) is 33.4 Å². The van der Waals surface area contributed by atoms with Crippen molar-refractivity contribution in [1.82, 2.24) is 10.3 Å². The lowest BCUT2D eigenvalue weighted by molar-refractivity contribution is 0.431. The van der Waals surface area contributed by atoms with Crippen molar-refractivity contribution in [1.29, 1.82) is 0 Å². The minimum Gasteiger partial charge on any atom is -0.444 e. The number of aromatic nitrogens is 1. The fraction of sp³-hybridized carbons (Fsp3) is 0.357. The summed E-state index contributed by atoms with van der Waals surface area (Å²) >= 11 is 11.8. The van der Waals surface area contributed by atoms with Crippen LogP contribution in [0.15, 0.2) is 16.5 Å². The Morgan fingerprint density at radius 2 is 2.00 bits per heavy atom. The van der Waals surface area contributed by atoms with Gasteiger partial charge in [-0.25, -0.2) is 9.37 Å². The Kier molecular flexibility index (Phi) is 4.68. The molecule has 2 rings (SSSR count). The molecule has 1 N–H and O–H groups in total. The van der Waals surface area contributed by atoms with E-state index in [4.69, 9.17) is 27.6 Å². The molecule has 0 saturated carbocycles. The highest BCUT2D eigenvalue weighted by molar-refractivity contribution is 6.35. The fourth-order valence-corrected chi connectivity index (χ4v) is 2.38. The molecule has 0 spiro atoms. The molecule has 1 aromatic heterocycles. The van der Waals surface area contributed by atoms with E-state index < -0.39 is 5.82 Å². The smallest absolute Gasteiger partial charge is 0.208 e. The van der Waals surface area contributed by atoms with Crippen LogP contribution >= 0.6 is 23.2 Å². The highest BCUT2D eigenvalue weighted by atomic mass is 35.5. The van der Waals surface area contributed by atoms with Crippen LogP contribution in [0.25, 0.3) is 0 Å². The second-order valence-corrected chi connectivity index (χ2v) is 5.45. The van der Waals surface area contributed by atoms with E-state index in [0.717, 1.165) is 11.5 Å². The minimum atomic E-state index is -0.484. The van der Waals surface area contributed by atoms with Crippen LogP contribution < -0.4 is 5.32 Å². The molecule has 20 heavy (non-hydrogen) atoms. The molecular weight excluding hydrogens is 302 g/mol. The van der Waals surface area contributed by atoms with E-state index in [-0.39, 0.29) is 11.1 Å². The van der Waals surface area contributed by atoms with Gasteiger partial charge in [0.1, 0.15) is 11.6 Å². The number of hydrogen-bond acceptors (Lipinski definition) is 3. The van der Waals surface area contributed by atoms with Crippen molar-refractivity contribution in [3.05, 3.63) is 50.9 Å². The van der Waals surface area contributed by atoms with Gasteiger partial charge in [0, 0.05) is 11.1 Å². The highest BCUT2D eigenvalue weighted by Gasteiger charge is 2.14. The van der Waals surface area contributed by atoms with E-state index in [1.54, 1.807) is 0 Å². The average Bonchev–Trinajstić information content (AvgIpc) is 2.70. The number of nitrogens with one attached hydrogen (secondary N) is 1. The molecule has 3 nitrogen and oxygen atoms in total. The van der Waals surface area contributed by atoms with Gasteiger partial charge >= 0.3 is 0 Å². The number of hydrogen-bond donors (Lipinski definition) is 1. The maximum Gasteiger partial charge on any atom is 0.208 e. The van der Waals surface area contributed by atoms with Crippen LogP contribution in [0, 0.1) is 19.7 Å². The van der Waals surface area contributed by atoms with E-state index in [1.807, 2.05) is 20.8 Å². The van der Waals surface area contributed by atoms with Gasteiger partial charge < -0.3 is 9.73 Å². The zero-order chi connectivity index (χ0) is 14.9. The SMILES string of the molecule is Cc1nc(CNC(C)c2cc(F)c(Cl)cc2Cl)oc1C. The first-order valence-corrected chi connectivity index (χ1v) is 6.94. The van der Waals surface area contributed by atoms with Crippen LogP contribution in [0.5, 0.6) is 0 Å². The van der Waals surface area contributed by atoms with Crippen LogP contribution in [0.3, 0.4) is 0 Å². The normalized spacial score (nSPS) is 12.7. The standard InChI is InChI=1S/C14H15Cl2FN2O/c1-7-9(3)20-14(19-7)6-18-8(2)10-4-13(17)12(16)5-11(10)15/h4-5,8,18H,6H2,1-3H3. The van der Waals surface area contributed by atoms with E-state index in [1.165, 1.54) is 12.1 Å². The lowest BCUT2D eigenvalue weighted by Crippen LogP contribution is -2.18. The zero-order valence-corrected chi connectivity index (χ0v) is 12.9. The summed E-state index contributed by atoms with van der Waals surface area (Å²) in [4.78, 5) is 4.27. The molecule has 0 fully saturated rings. The van der Waals surface area contributed by atoms with E-state index >= 15 is 0 Å². The second kappa shape index (κ2) is 6.12. The maximum atomic E-state index is 13.5. The minimum absolute atomic E-state index is 0.0184. The van der Waals surface area contributed by atoms with Gasteiger partial charge in [-0.1, -0.05) is 23.2 Å². The van der Waals surface area contributed by atoms with Crippen molar-refractivity contribution in [3.8, 4) is 0 Å². The average molecular weight is 317 g/mol. The first-order valence-electron chi connectivity index (χ1n) is 6.19. The number of benzene rings is 1. The third-order valence-electron chi connectivity index (χ3n) is 3.14. The molecule has 1 unspecified atom stereocenters. The summed E-state index contributed by atoms with van der Waals surface area (Å²) < 4.78 is 19.0. The van der Waals surface area contributed by atoms with E-state index in [9.17, 15) is 4.39 Å². The summed E-state index contributed by atoms with van der Waals surface area (Å²) in [6.45, 7) is 6.07. The third kappa shape index (κ3) is 3.32. The van der Waals surface area contributed by atoms with Crippen molar-refractivity contribution < 1.29 is 8.81 Å². The fourth-order valence-electron chi connectivity index (χ4n) is 1.83. The van der Waals surface area contributed by atoms with Gasteiger partial charge in [-0.2, -0.15) is 0 Å². The Labute approximate surface area is 127 Å². The number of nitrogens with zero attached hydrogens (tertiary/aromatic N) is 1. The van der Waals surface area contributed by atoms with Gasteiger partial charge in [0.25, 0.3) is 0 Å². The Morgan fingerprint density at radius 1 is 1.30 bits per heavy atom. The highest BCUT2D eigenvalue weighted by Crippen LogP contribution is 2.28. The van der Waals surface area contributed by atoms with Crippen LogP contribution in [0.1, 0.15) is 35.9 Å². The van der Waals surface area contributed by atoms with Gasteiger partial charge in [0.15, 0.2) is 0 Å². The topological polar surface area (TPSA) is 38.1 Å². The van der Waals surface area contributed by atoms with Crippen molar-refractivity contribution in [3.63, 3.8) is 0 Å². The summed E-state index contributed by atoms with van der Waals surface area (Å²) in [7, 11) is 0. The summed E-state index contributed by atoms with van der Waals surface area (Å²) in [6.07, 6.45) is 0. The third-order valence-corrected chi connectivity index (χ3v) is 3.76. The van der Waals surface area contributed by atoms with Crippen LogP contribution in [-0.4, -0.2) is 4.98 Å². The molecule has 0 bridgehead atoms. The molecule has 1 heterocycles. The number of halogens is 3. The second-order valence-electron chi connectivity index (χ2n) is 4.64. The van der Waals surface area contributed by atoms with Crippen LogP contribution in [0.4, 0.5) is 4.39 Å². The van der Waals surface area contributed by atoms with Gasteiger partial charge in [-0.05, 0) is 38.5 Å². The van der Waals surface area contributed by atoms with E-state index in [0.29, 0.717) is 23.0 Å². The molecule has 108 valence electrons. The summed E-state index contributed by atoms with van der Waals surface area (Å²) in [5, 5.41) is 3.64. The van der Waals surface area contributed by atoms with Crippen LogP contribution in [0.2, 0.25) is 10.0 Å². The summed E-state index contributed by atoms with van der Waals surface area (Å²) in [6, 6.07) is 2.60. The molecule has 0 saturated heterocycles. The molecule has 6 heteroatoms. The van der Waals surface area contributed by atoms with Gasteiger partial charge in [-0.3, -0.25) is 0 Å². The molecule has 1 aromatic carbocycles. The molecule has 0 aliphatic rings. The van der Waals surface area contributed by atoms with Crippen molar-refractivity contribution >= 4 is 23.2 Å². The zero-order valence-electron chi connectivity index (χ0n) is 11.4. The van der Waals surface area contributed by atoms with Crippen molar-refractivity contribution in [2.24, 2.45) is 0 Å². The largest absolute Gasteiger partial charge is 0.444 e. The maximum absolute atomic E-state index is 13.5. The monoisotopic (exact) mass is 316 g/mol.